The van der Waals surface area contributed by atoms with Gasteiger partial charge in [-0.05, 0) is 0 Å². The van der Waals surface area contributed by atoms with Gasteiger partial charge in [0, 0.05) is 0 Å². The van der Waals surface area contributed by atoms with Crippen molar-refractivity contribution in [1.29, 1.82) is 0 Å². The molecule has 3 heterocycles. The Labute approximate surface area is 102 Å². The highest BCUT2D eigenvalue weighted by Crippen LogP contribution is 2.32. The van der Waals surface area contributed by atoms with Crippen molar-refractivity contribution in [2.75, 3.05) is 6.61 Å². The first-order chi connectivity index (χ1) is 8.72. The van der Waals surface area contributed by atoms with Gasteiger partial charge in [0.2, 0.25) is 0 Å². The molecule has 0 unspecified atom stereocenters. The van der Waals surface area contributed by atoms with Gasteiger partial charge in [-0.2, -0.15) is 5.10 Å². The average Bonchev–Trinajstić information content (AvgIpc) is 2.96. The van der Waals surface area contributed by atoms with Crippen molar-refractivity contribution >= 4 is 0 Å². The van der Waals surface area contributed by atoms with Gasteiger partial charge in [0.05, 0.1) is 31.0 Å². The van der Waals surface area contributed by atoms with Crippen LogP contribution >= 0.6 is 0 Å². The van der Waals surface area contributed by atoms with Gasteiger partial charge >= 0.3 is 0 Å². The summed E-state index contributed by atoms with van der Waals surface area (Å²) in [6.45, 7) is -0.365. The second-order valence-electron chi connectivity index (χ2n) is 4.14. The third-order valence-corrected chi connectivity index (χ3v) is 3.07. The van der Waals surface area contributed by atoms with E-state index in [-0.39, 0.29) is 6.61 Å². The Balaban J connectivity index is 1.98. The molecule has 3 aliphatic rings. The van der Waals surface area contributed by atoms with Gasteiger partial charge in [-0.3, -0.25) is 4.57 Å². The van der Waals surface area contributed by atoms with Gasteiger partial charge in [-0.15, -0.1) is 5.10 Å². The fourth-order valence-corrected chi connectivity index (χ4v) is 2.10. The zero-order chi connectivity index (χ0) is 12.7. The standard InChI is InChI=1S/C10H12N4O4/c15-3-7-8(16)9(17)10(18-7)14-4-11-1-5-6(14)2-12-13-5/h1-2,4,7-10,15-17H,3H2/t7-,8-,9-,10-/m1/s1. The lowest BCUT2D eigenvalue weighted by Gasteiger charge is -2.20. The van der Waals surface area contributed by atoms with Crippen molar-refractivity contribution in [3.8, 4) is 11.4 Å². The first-order valence-corrected chi connectivity index (χ1v) is 5.48. The van der Waals surface area contributed by atoms with Crippen LogP contribution < -0.4 is 0 Å². The molecule has 0 amide bonds. The molecule has 0 aromatic rings. The fraction of sp³-hybridized carbons (Fsp3) is 0.500. The van der Waals surface area contributed by atoms with Crippen LogP contribution in [0.4, 0.5) is 0 Å². The monoisotopic (exact) mass is 252 g/mol. The van der Waals surface area contributed by atoms with E-state index in [1.54, 1.807) is 10.8 Å². The van der Waals surface area contributed by atoms with Crippen molar-refractivity contribution in [3.05, 3.63) is 18.7 Å². The van der Waals surface area contributed by atoms with Crippen LogP contribution in [0.15, 0.2) is 18.7 Å². The minimum Gasteiger partial charge on any atom is -0.394 e. The largest absolute Gasteiger partial charge is 0.394 e. The quantitative estimate of drug-likeness (QED) is 0.589. The van der Waals surface area contributed by atoms with E-state index in [9.17, 15) is 10.2 Å². The second kappa shape index (κ2) is 4.25. The first-order valence-electron chi connectivity index (χ1n) is 5.48. The third kappa shape index (κ3) is 1.58. The summed E-state index contributed by atoms with van der Waals surface area (Å²) < 4.78 is 6.96. The highest BCUT2D eigenvalue weighted by atomic mass is 16.6. The summed E-state index contributed by atoms with van der Waals surface area (Å²) in [6.07, 6.45) is 0.605. The summed E-state index contributed by atoms with van der Waals surface area (Å²) in [5.74, 6) is 0. The van der Waals surface area contributed by atoms with E-state index in [4.69, 9.17) is 9.84 Å². The number of fused-ring (bicyclic) bond motifs is 1. The molecule has 96 valence electrons. The molecule has 3 N–H and O–H groups in total. The van der Waals surface area contributed by atoms with Crippen molar-refractivity contribution in [2.45, 2.75) is 24.5 Å². The number of nitrogens with zero attached hydrogens (tertiary/aromatic N) is 4. The smallest absolute Gasteiger partial charge is 0.164 e. The molecule has 1 fully saturated rings. The van der Waals surface area contributed by atoms with Gasteiger partial charge in [-0.25, -0.2) is 4.98 Å². The van der Waals surface area contributed by atoms with E-state index in [1.165, 1.54) is 12.5 Å². The number of aliphatic hydroxyl groups excluding tert-OH is 3. The number of ether oxygens (including phenoxy) is 1. The molecule has 1 saturated heterocycles. The van der Waals surface area contributed by atoms with E-state index >= 15 is 0 Å². The molecule has 3 aliphatic heterocycles. The van der Waals surface area contributed by atoms with Crippen molar-refractivity contribution in [2.24, 2.45) is 0 Å². The highest BCUT2D eigenvalue weighted by molar-refractivity contribution is 5.52. The van der Waals surface area contributed by atoms with Crippen LogP contribution in [-0.2, 0) is 4.74 Å². The molecule has 4 atom stereocenters. The Hall–Kier alpha value is -1.61. The van der Waals surface area contributed by atoms with Crippen LogP contribution in [-0.4, -0.2) is 60.0 Å². The molecule has 0 spiro atoms. The van der Waals surface area contributed by atoms with E-state index in [2.05, 4.69) is 15.2 Å². The second-order valence-corrected chi connectivity index (χ2v) is 4.14. The molecule has 0 aliphatic carbocycles. The lowest BCUT2D eigenvalue weighted by molar-refractivity contribution is -0.0526. The van der Waals surface area contributed by atoms with Gasteiger partial charge in [0.15, 0.2) is 6.23 Å². The topological polar surface area (TPSA) is 114 Å². The van der Waals surface area contributed by atoms with Crippen LogP contribution in [0.25, 0.3) is 11.4 Å². The number of rotatable bonds is 2. The Morgan fingerprint density at radius 2 is 2.11 bits per heavy atom. The SMILES string of the molecule is OC[C@H]1O[C@@H](n2cncc3nncc2-3)[C@H](O)[C@@H]1O. The summed E-state index contributed by atoms with van der Waals surface area (Å²) in [5.41, 5.74) is 1.20. The van der Waals surface area contributed by atoms with Gasteiger partial charge < -0.3 is 20.1 Å². The first kappa shape index (κ1) is 11.5. The molecule has 8 nitrogen and oxygen atoms in total. The number of hydrogen-bond acceptors (Lipinski definition) is 7. The summed E-state index contributed by atoms with van der Waals surface area (Å²) in [7, 11) is 0. The predicted octanol–water partition coefficient (Wildman–Crippen LogP) is -1.61. The Kier molecular flexibility index (Phi) is 2.71. The minimum absolute atomic E-state index is 0.365. The Morgan fingerprint density at radius 3 is 2.83 bits per heavy atom. The van der Waals surface area contributed by atoms with Crippen molar-refractivity contribution < 1.29 is 20.1 Å². The number of hydrogen-bond donors (Lipinski definition) is 3. The molecular formula is C10H12N4O4. The molecule has 0 radical (unpaired) electrons. The summed E-state index contributed by atoms with van der Waals surface area (Å²) in [5, 5.41) is 36.3. The van der Waals surface area contributed by atoms with Gasteiger partial charge in [0.25, 0.3) is 0 Å². The maximum atomic E-state index is 9.93. The molecule has 0 bridgehead atoms. The third-order valence-electron chi connectivity index (χ3n) is 3.07. The van der Waals surface area contributed by atoms with Crippen molar-refractivity contribution in [3.63, 3.8) is 0 Å². The molecule has 8 heteroatoms. The molecule has 0 saturated carbocycles. The summed E-state index contributed by atoms with van der Waals surface area (Å²) >= 11 is 0. The van der Waals surface area contributed by atoms with Crippen LogP contribution in [0.2, 0.25) is 0 Å². The molecule has 3 rings (SSSR count). The Morgan fingerprint density at radius 1 is 1.28 bits per heavy atom. The van der Waals surface area contributed by atoms with Gasteiger partial charge in [-0.1, -0.05) is 0 Å². The Bertz CT molecular complexity index is 519. The lowest BCUT2D eigenvalue weighted by Crippen LogP contribution is -2.33. The maximum Gasteiger partial charge on any atom is 0.164 e. The normalized spacial score (nSPS) is 32.2. The zero-order valence-electron chi connectivity index (χ0n) is 9.29. The van der Waals surface area contributed by atoms with Crippen LogP contribution in [0.1, 0.15) is 6.23 Å². The molecule has 0 aromatic carbocycles. The van der Waals surface area contributed by atoms with E-state index in [0.29, 0.717) is 11.4 Å². The fourth-order valence-electron chi connectivity index (χ4n) is 2.10. The van der Waals surface area contributed by atoms with E-state index in [1.807, 2.05) is 0 Å². The van der Waals surface area contributed by atoms with Gasteiger partial charge in [0.1, 0.15) is 24.0 Å². The highest BCUT2D eigenvalue weighted by Gasteiger charge is 2.43. The summed E-state index contributed by atoms with van der Waals surface area (Å²) in [4.78, 5) is 3.97. The van der Waals surface area contributed by atoms with Crippen LogP contribution in [0.3, 0.4) is 0 Å². The molecule has 18 heavy (non-hydrogen) atoms. The van der Waals surface area contributed by atoms with E-state index < -0.39 is 24.5 Å². The maximum absolute atomic E-state index is 9.93. The number of aromatic nitrogens is 4. The van der Waals surface area contributed by atoms with Crippen LogP contribution in [0.5, 0.6) is 0 Å². The minimum atomic E-state index is -1.14. The molecule has 0 aromatic heterocycles. The number of aliphatic hydroxyl groups is 3. The average molecular weight is 252 g/mol. The summed E-state index contributed by atoms with van der Waals surface area (Å²) in [6, 6.07) is 0. The molecular weight excluding hydrogens is 240 g/mol. The van der Waals surface area contributed by atoms with E-state index in [0.717, 1.165) is 0 Å². The lowest BCUT2D eigenvalue weighted by atomic mass is 10.1. The predicted molar refractivity (Wildman–Crippen MR) is 57.4 cm³/mol. The van der Waals surface area contributed by atoms with Crippen LogP contribution in [0, 0.1) is 0 Å². The zero-order valence-corrected chi connectivity index (χ0v) is 9.29. The van der Waals surface area contributed by atoms with Crippen molar-refractivity contribution in [1.82, 2.24) is 19.7 Å².